The van der Waals surface area contributed by atoms with E-state index in [2.05, 4.69) is 21.2 Å². The third kappa shape index (κ3) is 5.72. The number of amides is 1. The highest BCUT2D eigenvalue weighted by Gasteiger charge is 2.22. The molecular weight excluding hydrogens is 512 g/mol. The molecule has 0 aliphatic carbocycles. The molecule has 0 saturated heterocycles. The van der Waals surface area contributed by atoms with Crippen molar-refractivity contribution >= 4 is 45.0 Å². The standard InChI is InChI=1S/C22H13BrN4O7/c23-18-10-13(9-14(12-24)22(29)25-15-2-5-17(28)6-3-15)1-7-20(18)34-21-8-4-16(26(30)31)11-19(21)27(32)33/h1-11,28H,(H,25,29)/b14-9+. The predicted octanol–water partition coefficient (Wildman–Crippen LogP) is 5.31. The number of phenols is 1. The molecule has 0 aromatic heterocycles. The molecule has 3 aromatic rings. The Morgan fingerprint density at radius 3 is 2.29 bits per heavy atom. The first-order chi connectivity index (χ1) is 16.2. The van der Waals surface area contributed by atoms with Crippen molar-refractivity contribution in [3.05, 3.63) is 96.5 Å². The van der Waals surface area contributed by atoms with Gasteiger partial charge in [0.1, 0.15) is 23.1 Å². The van der Waals surface area contributed by atoms with Crippen molar-refractivity contribution in [2.24, 2.45) is 0 Å². The molecular formula is C22H13BrN4O7. The molecule has 11 nitrogen and oxygen atoms in total. The highest BCUT2D eigenvalue weighted by atomic mass is 79.9. The summed E-state index contributed by atoms with van der Waals surface area (Å²) in [5.74, 6) is -0.668. The topological polar surface area (TPSA) is 169 Å². The Balaban J connectivity index is 1.83. The van der Waals surface area contributed by atoms with Gasteiger partial charge >= 0.3 is 5.69 Å². The van der Waals surface area contributed by atoms with E-state index in [1.807, 2.05) is 6.07 Å². The molecule has 2 N–H and O–H groups in total. The van der Waals surface area contributed by atoms with Gasteiger partial charge in [-0.1, -0.05) is 6.07 Å². The van der Waals surface area contributed by atoms with Crippen molar-refractivity contribution in [2.45, 2.75) is 0 Å². The van der Waals surface area contributed by atoms with Crippen LogP contribution in [0.25, 0.3) is 6.08 Å². The number of carbonyl (C=O) groups excluding carboxylic acids is 1. The van der Waals surface area contributed by atoms with Gasteiger partial charge in [-0.25, -0.2) is 0 Å². The van der Waals surface area contributed by atoms with Gasteiger partial charge in [-0.2, -0.15) is 5.26 Å². The van der Waals surface area contributed by atoms with Crippen LogP contribution >= 0.6 is 15.9 Å². The number of hydrogen-bond donors (Lipinski definition) is 2. The fourth-order valence-electron chi connectivity index (χ4n) is 2.71. The average Bonchev–Trinajstić information content (AvgIpc) is 2.80. The summed E-state index contributed by atoms with van der Waals surface area (Å²) in [6, 6.07) is 15.0. The summed E-state index contributed by atoms with van der Waals surface area (Å²) in [7, 11) is 0. The highest BCUT2D eigenvalue weighted by molar-refractivity contribution is 9.10. The number of nitrogens with zero attached hydrogens (tertiary/aromatic N) is 3. The van der Waals surface area contributed by atoms with E-state index in [0.717, 1.165) is 18.2 Å². The summed E-state index contributed by atoms with van der Waals surface area (Å²) in [4.78, 5) is 33.0. The Bertz CT molecular complexity index is 1360. The van der Waals surface area contributed by atoms with E-state index in [9.17, 15) is 35.4 Å². The molecule has 34 heavy (non-hydrogen) atoms. The second kappa shape index (κ2) is 10.2. The van der Waals surface area contributed by atoms with Crippen LogP contribution in [-0.4, -0.2) is 20.9 Å². The van der Waals surface area contributed by atoms with Gasteiger partial charge in [0.2, 0.25) is 5.75 Å². The van der Waals surface area contributed by atoms with E-state index in [4.69, 9.17) is 4.74 Å². The molecule has 0 saturated carbocycles. The van der Waals surface area contributed by atoms with Crippen LogP contribution in [0.15, 0.2) is 70.7 Å². The van der Waals surface area contributed by atoms with Crippen LogP contribution in [-0.2, 0) is 4.79 Å². The monoisotopic (exact) mass is 524 g/mol. The minimum Gasteiger partial charge on any atom is -0.508 e. The molecule has 3 rings (SSSR count). The maximum Gasteiger partial charge on any atom is 0.318 e. The third-order valence-corrected chi connectivity index (χ3v) is 4.95. The van der Waals surface area contributed by atoms with Gasteiger partial charge < -0.3 is 15.2 Å². The molecule has 0 atom stereocenters. The SMILES string of the molecule is N#C/C(=C\c1ccc(Oc2ccc([N+](=O)[O-])cc2[N+](=O)[O-])c(Br)c1)C(=O)Nc1ccc(O)cc1. The predicted molar refractivity (Wildman–Crippen MR) is 124 cm³/mol. The molecule has 170 valence electrons. The van der Waals surface area contributed by atoms with Gasteiger partial charge in [-0.05, 0) is 70.0 Å². The fourth-order valence-corrected chi connectivity index (χ4v) is 3.19. The lowest BCUT2D eigenvalue weighted by Gasteiger charge is -2.09. The third-order valence-electron chi connectivity index (χ3n) is 4.33. The molecule has 0 aliphatic heterocycles. The smallest absolute Gasteiger partial charge is 0.318 e. The van der Waals surface area contributed by atoms with Crippen LogP contribution in [0.5, 0.6) is 17.2 Å². The van der Waals surface area contributed by atoms with Crippen molar-refractivity contribution < 1.29 is 24.5 Å². The zero-order valence-electron chi connectivity index (χ0n) is 17.0. The molecule has 0 radical (unpaired) electrons. The van der Waals surface area contributed by atoms with Gasteiger partial charge in [0, 0.05) is 11.8 Å². The summed E-state index contributed by atoms with van der Waals surface area (Å²) >= 11 is 3.27. The first-order valence-electron chi connectivity index (χ1n) is 9.30. The molecule has 0 heterocycles. The van der Waals surface area contributed by atoms with E-state index in [-0.39, 0.29) is 22.8 Å². The lowest BCUT2D eigenvalue weighted by molar-refractivity contribution is -0.394. The van der Waals surface area contributed by atoms with Gasteiger partial charge in [-0.15, -0.1) is 0 Å². The molecule has 0 aliphatic rings. The van der Waals surface area contributed by atoms with Gasteiger partial charge in [0.25, 0.3) is 11.6 Å². The van der Waals surface area contributed by atoms with Crippen molar-refractivity contribution in [3.63, 3.8) is 0 Å². The lowest BCUT2D eigenvalue weighted by atomic mass is 10.1. The zero-order chi connectivity index (χ0) is 24.8. The van der Waals surface area contributed by atoms with E-state index >= 15 is 0 Å². The minimum atomic E-state index is -0.792. The van der Waals surface area contributed by atoms with E-state index in [1.165, 1.54) is 48.5 Å². The number of benzene rings is 3. The zero-order valence-corrected chi connectivity index (χ0v) is 18.6. The van der Waals surface area contributed by atoms with Crippen LogP contribution in [0, 0.1) is 31.6 Å². The Kier molecular flexibility index (Phi) is 7.20. The number of carbonyl (C=O) groups is 1. The van der Waals surface area contributed by atoms with Crippen molar-refractivity contribution in [2.75, 3.05) is 5.32 Å². The summed E-state index contributed by atoms with van der Waals surface area (Å²) < 4.78 is 5.91. The second-order valence-corrected chi connectivity index (χ2v) is 7.48. The molecule has 0 bridgehead atoms. The minimum absolute atomic E-state index is 0.0280. The number of halogens is 1. The lowest BCUT2D eigenvalue weighted by Crippen LogP contribution is -2.13. The number of nitriles is 1. The molecule has 0 fully saturated rings. The quantitative estimate of drug-likeness (QED) is 0.138. The second-order valence-electron chi connectivity index (χ2n) is 6.63. The Labute approximate surface area is 200 Å². The van der Waals surface area contributed by atoms with Crippen LogP contribution < -0.4 is 10.1 Å². The average molecular weight is 525 g/mol. The van der Waals surface area contributed by atoms with Gasteiger partial charge in [0.05, 0.1) is 20.4 Å². The summed E-state index contributed by atoms with van der Waals surface area (Å²) in [6.07, 6.45) is 1.33. The number of rotatable bonds is 7. The number of nitrogens with one attached hydrogen (secondary N) is 1. The molecule has 3 aromatic carbocycles. The Morgan fingerprint density at radius 2 is 1.71 bits per heavy atom. The first kappa shape index (κ1) is 23.9. The number of aromatic hydroxyl groups is 1. The van der Waals surface area contributed by atoms with Crippen molar-refractivity contribution in [1.29, 1.82) is 5.26 Å². The fraction of sp³-hybridized carbons (Fsp3) is 0. The van der Waals surface area contributed by atoms with Crippen molar-refractivity contribution in [1.82, 2.24) is 0 Å². The summed E-state index contributed by atoms with van der Waals surface area (Å²) in [6.45, 7) is 0. The Morgan fingerprint density at radius 1 is 1.03 bits per heavy atom. The molecule has 1 amide bonds. The number of nitro benzene ring substituents is 2. The van der Waals surface area contributed by atoms with E-state index < -0.39 is 27.1 Å². The van der Waals surface area contributed by atoms with Crippen LogP contribution in [0.4, 0.5) is 17.1 Å². The largest absolute Gasteiger partial charge is 0.508 e. The van der Waals surface area contributed by atoms with Crippen LogP contribution in [0.2, 0.25) is 0 Å². The van der Waals surface area contributed by atoms with Gasteiger partial charge in [-0.3, -0.25) is 25.0 Å². The first-order valence-corrected chi connectivity index (χ1v) is 10.1. The number of hydrogen-bond acceptors (Lipinski definition) is 8. The number of nitro groups is 2. The number of ether oxygens (including phenoxy) is 1. The summed E-state index contributed by atoms with van der Waals surface area (Å²) in [5, 5.41) is 43.4. The number of non-ortho nitro benzene ring substituents is 1. The van der Waals surface area contributed by atoms with Crippen LogP contribution in [0.1, 0.15) is 5.56 Å². The number of anilines is 1. The van der Waals surface area contributed by atoms with E-state index in [1.54, 1.807) is 0 Å². The molecule has 0 unspecified atom stereocenters. The van der Waals surface area contributed by atoms with Gasteiger partial charge in [0.15, 0.2) is 0 Å². The maximum atomic E-state index is 12.4. The summed E-state index contributed by atoms with van der Waals surface area (Å²) in [5.41, 5.74) is -0.385. The normalized spacial score (nSPS) is 10.8. The van der Waals surface area contributed by atoms with E-state index in [0.29, 0.717) is 15.7 Å². The highest BCUT2D eigenvalue weighted by Crippen LogP contribution is 2.37. The maximum absolute atomic E-state index is 12.4. The Hall–Kier alpha value is -4.76. The number of phenolic OH excluding ortho intramolecular Hbond substituents is 1. The van der Waals surface area contributed by atoms with Crippen LogP contribution in [0.3, 0.4) is 0 Å². The van der Waals surface area contributed by atoms with Crippen molar-refractivity contribution in [3.8, 4) is 23.3 Å². The molecule has 12 heteroatoms. The molecule has 0 spiro atoms.